The second-order valence-corrected chi connectivity index (χ2v) is 11.2. The molecule has 5 aliphatic rings. The lowest BCUT2D eigenvalue weighted by molar-refractivity contribution is -0.111. The fraction of sp³-hybridized carbons (Fsp3) is 0.885. The molecule has 0 radical (unpaired) electrons. The van der Waals surface area contributed by atoms with Crippen LogP contribution in [-0.4, -0.2) is 12.3 Å². The van der Waals surface area contributed by atoms with Crippen LogP contribution in [0.15, 0.2) is 12.2 Å². The van der Waals surface area contributed by atoms with Crippen molar-refractivity contribution in [2.75, 3.05) is 0 Å². The molecule has 28 heavy (non-hydrogen) atoms. The molecule has 156 valence electrons. The predicted molar refractivity (Wildman–Crippen MR) is 115 cm³/mol. The van der Waals surface area contributed by atoms with E-state index in [2.05, 4.69) is 6.58 Å². The number of hydrogen-bond donors (Lipinski definition) is 1. The summed E-state index contributed by atoms with van der Waals surface area (Å²) in [6.07, 6.45) is 20.4. The lowest BCUT2D eigenvalue weighted by Gasteiger charge is -2.37. The Balaban J connectivity index is 1.43. The summed E-state index contributed by atoms with van der Waals surface area (Å²) in [4.78, 5) is 12.0. The van der Waals surface area contributed by atoms with E-state index in [-0.39, 0.29) is 11.5 Å². The van der Waals surface area contributed by atoms with Gasteiger partial charge in [0.2, 0.25) is 0 Å². The van der Waals surface area contributed by atoms with Gasteiger partial charge in [-0.05, 0) is 80.0 Å². The molecule has 5 fully saturated rings. The van der Waals surface area contributed by atoms with Crippen LogP contribution in [0.25, 0.3) is 0 Å². The third-order valence-electron chi connectivity index (χ3n) is 10.3. The minimum Gasteiger partial charge on any atom is -0.321 e. The third kappa shape index (κ3) is 2.88. The Bertz CT molecular complexity index is 602. The van der Waals surface area contributed by atoms with Crippen molar-refractivity contribution in [1.29, 1.82) is 0 Å². The van der Waals surface area contributed by atoms with E-state index in [4.69, 9.17) is 5.73 Å². The lowest BCUT2D eigenvalue weighted by Crippen LogP contribution is -2.43. The van der Waals surface area contributed by atoms with Crippen LogP contribution < -0.4 is 5.73 Å². The van der Waals surface area contributed by atoms with Crippen LogP contribution in [0, 0.1) is 46.8 Å². The lowest BCUT2D eigenvalue weighted by atomic mass is 9.69. The van der Waals surface area contributed by atoms with Crippen LogP contribution in [0.2, 0.25) is 0 Å². The van der Waals surface area contributed by atoms with Crippen LogP contribution in [0.1, 0.15) is 89.9 Å². The molecule has 0 spiro atoms. The number of rotatable bonds is 4. The van der Waals surface area contributed by atoms with E-state index >= 15 is 0 Å². The molecule has 7 atom stereocenters. The number of hydrogen-bond acceptors (Lipinski definition) is 2. The van der Waals surface area contributed by atoms with Gasteiger partial charge in [-0.2, -0.15) is 0 Å². The highest BCUT2D eigenvalue weighted by Gasteiger charge is 2.73. The summed E-state index contributed by atoms with van der Waals surface area (Å²) in [5, 5.41) is 0. The van der Waals surface area contributed by atoms with Gasteiger partial charge in [0.15, 0.2) is 0 Å². The quantitative estimate of drug-likeness (QED) is 0.485. The van der Waals surface area contributed by atoms with E-state index in [1.807, 2.05) is 0 Å². The van der Waals surface area contributed by atoms with Crippen molar-refractivity contribution in [3.63, 3.8) is 0 Å². The second-order valence-electron chi connectivity index (χ2n) is 11.2. The Morgan fingerprint density at radius 3 is 2.29 bits per heavy atom. The molecule has 0 aromatic rings. The highest BCUT2D eigenvalue weighted by atomic mass is 16.1. The molecule has 5 rings (SSSR count). The molecular weight excluding hydrogens is 342 g/mol. The van der Waals surface area contributed by atoms with Crippen LogP contribution in [0.4, 0.5) is 0 Å². The van der Waals surface area contributed by atoms with E-state index in [9.17, 15) is 4.79 Å². The summed E-state index contributed by atoms with van der Waals surface area (Å²) in [5.41, 5.74) is 8.35. The van der Waals surface area contributed by atoms with E-state index in [1.54, 1.807) is 5.57 Å². The number of aldehydes is 1. The molecule has 0 aromatic heterocycles. The second kappa shape index (κ2) is 7.56. The number of carbonyl (C=O) groups is 1. The van der Waals surface area contributed by atoms with E-state index in [1.165, 1.54) is 89.9 Å². The van der Waals surface area contributed by atoms with Crippen LogP contribution >= 0.6 is 0 Å². The molecule has 2 heteroatoms. The minimum atomic E-state index is -0.230. The highest BCUT2D eigenvalue weighted by Crippen LogP contribution is 2.76. The molecule has 5 aliphatic carbocycles. The molecule has 5 saturated carbocycles. The van der Waals surface area contributed by atoms with Crippen molar-refractivity contribution in [3.05, 3.63) is 12.2 Å². The first-order valence-corrected chi connectivity index (χ1v) is 12.6. The summed E-state index contributed by atoms with van der Waals surface area (Å²) in [6, 6.07) is -0.230. The summed E-state index contributed by atoms with van der Waals surface area (Å²) in [7, 11) is 0. The van der Waals surface area contributed by atoms with Crippen molar-refractivity contribution in [2.45, 2.75) is 95.9 Å². The van der Waals surface area contributed by atoms with Gasteiger partial charge in [0.1, 0.15) is 6.29 Å². The van der Waals surface area contributed by atoms with Gasteiger partial charge in [-0.1, -0.05) is 63.5 Å². The van der Waals surface area contributed by atoms with Gasteiger partial charge in [0.05, 0.1) is 6.04 Å². The zero-order valence-corrected chi connectivity index (χ0v) is 17.8. The van der Waals surface area contributed by atoms with Crippen molar-refractivity contribution in [1.82, 2.24) is 0 Å². The van der Waals surface area contributed by atoms with Crippen LogP contribution in [0.3, 0.4) is 0 Å². The van der Waals surface area contributed by atoms with E-state index < -0.39 is 0 Å². The van der Waals surface area contributed by atoms with Crippen molar-refractivity contribution < 1.29 is 4.79 Å². The van der Waals surface area contributed by atoms with Gasteiger partial charge in [0, 0.05) is 5.41 Å². The molecule has 0 saturated heterocycles. The first-order valence-electron chi connectivity index (χ1n) is 12.6. The summed E-state index contributed by atoms with van der Waals surface area (Å²) < 4.78 is 0. The molecule has 0 bridgehead atoms. The minimum absolute atomic E-state index is 0.146. The monoisotopic (exact) mass is 383 g/mol. The Morgan fingerprint density at radius 1 is 0.929 bits per heavy atom. The van der Waals surface area contributed by atoms with Gasteiger partial charge in [-0.15, -0.1) is 0 Å². The third-order valence-corrected chi connectivity index (χ3v) is 10.3. The fourth-order valence-electron chi connectivity index (χ4n) is 9.16. The number of fused-ring (bicyclic) bond motifs is 3. The van der Waals surface area contributed by atoms with Gasteiger partial charge < -0.3 is 10.5 Å². The fourth-order valence-corrected chi connectivity index (χ4v) is 9.16. The first kappa shape index (κ1) is 19.3. The predicted octanol–water partition coefficient (Wildman–Crippen LogP) is 5.90. The molecule has 2 nitrogen and oxygen atoms in total. The molecule has 0 unspecified atom stereocenters. The Hall–Kier alpha value is -0.630. The van der Waals surface area contributed by atoms with E-state index in [0.717, 1.165) is 30.0 Å². The topological polar surface area (TPSA) is 43.1 Å². The summed E-state index contributed by atoms with van der Waals surface area (Å²) >= 11 is 0. The number of carbonyl (C=O) groups excluding carboxylic acids is 1. The van der Waals surface area contributed by atoms with Gasteiger partial charge in [-0.3, -0.25) is 0 Å². The summed E-state index contributed by atoms with van der Waals surface area (Å²) in [6.45, 7) is 4.58. The molecule has 2 N–H and O–H groups in total. The Labute approximate surface area is 172 Å². The number of allylic oxidation sites excluding steroid dienone is 1. The molecule has 0 amide bonds. The average Bonchev–Trinajstić information content (AvgIpc) is 3.26. The van der Waals surface area contributed by atoms with Gasteiger partial charge >= 0.3 is 0 Å². The Kier molecular flexibility index (Phi) is 5.22. The van der Waals surface area contributed by atoms with Gasteiger partial charge in [0.25, 0.3) is 0 Å². The first-order chi connectivity index (χ1) is 13.7. The zero-order valence-electron chi connectivity index (χ0n) is 17.8. The molecule has 0 heterocycles. The van der Waals surface area contributed by atoms with Crippen LogP contribution in [0.5, 0.6) is 0 Å². The molecular formula is C26H41NO. The average molecular weight is 384 g/mol. The maximum Gasteiger partial charge on any atom is 0.137 e. The van der Waals surface area contributed by atoms with Crippen LogP contribution in [-0.2, 0) is 4.79 Å². The largest absolute Gasteiger partial charge is 0.321 e. The maximum atomic E-state index is 12.0. The summed E-state index contributed by atoms with van der Waals surface area (Å²) in [5.74, 6) is 5.52. The highest BCUT2D eigenvalue weighted by molar-refractivity contribution is 5.61. The maximum absolute atomic E-state index is 12.0. The Morgan fingerprint density at radius 2 is 1.61 bits per heavy atom. The van der Waals surface area contributed by atoms with Crippen molar-refractivity contribution >= 4 is 6.29 Å². The zero-order chi connectivity index (χ0) is 19.3. The smallest absolute Gasteiger partial charge is 0.137 e. The van der Waals surface area contributed by atoms with E-state index in [0.29, 0.717) is 17.8 Å². The molecule has 0 aromatic carbocycles. The van der Waals surface area contributed by atoms with Crippen molar-refractivity contribution in [3.8, 4) is 0 Å². The number of nitrogens with two attached hydrogens (primary N) is 1. The molecule has 0 aliphatic heterocycles. The normalized spacial score (nSPS) is 45.8. The van der Waals surface area contributed by atoms with Crippen molar-refractivity contribution in [2.24, 2.45) is 52.6 Å². The standard InChI is InChI=1S/C26H41NO/c1-17-12-13-23-25(26(23,24(27)16-28)20-10-6-3-7-11-20)22-15-19(14-21(17)22)18-8-4-2-5-9-18/h16,18-25H,1-15,27H2/t19-,21+,22+,23+,24-,25-,26+/m0/s1. The van der Waals surface area contributed by atoms with Gasteiger partial charge in [-0.25, -0.2) is 0 Å². The SMILES string of the molecule is C=C1CC[C@@H]2[C@H]([C@@H]3C[C@@H](C4CCCCC4)C[C@H]13)[C@@]2(C1CCCCC1)[C@@H](N)C=O.